The highest BCUT2D eigenvalue weighted by molar-refractivity contribution is 5.55. The number of nitriles is 1. The SMILES string of the molecule is CCOC(C=O)Oc1ccc(F)cc1C#N. The predicted octanol–water partition coefficient (Wildman–Crippen LogP) is 1.64. The van der Waals surface area contributed by atoms with Crippen LogP contribution in [0.15, 0.2) is 18.2 Å². The van der Waals surface area contributed by atoms with Gasteiger partial charge in [0, 0.05) is 6.61 Å². The van der Waals surface area contributed by atoms with Gasteiger partial charge in [-0.3, -0.25) is 4.79 Å². The summed E-state index contributed by atoms with van der Waals surface area (Å²) in [4.78, 5) is 10.6. The van der Waals surface area contributed by atoms with Gasteiger partial charge in [0.25, 0.3) is 6.29 Å². The molecule has 4 nitrogen and oxygen atoms in total. The first-order valence-electron chi connectivity index (χ1n) is 4.64. The zero-order valence-corrected chi connectivity index (χ0v) is 8.64. The fourth-order valence-corrected chi connectivity index (χ4v) is 1.08. The standard InChI is InChI=1S/C11H10FNO3/c1-2-15-11(7-14)16-10-4-3-9(12)5-8(10)6-13/h3-5,7,11H,2H2,1H3. The molecule has 0 amide bonds. The lowest BCUT2D eigenvalue weighted by Gasteiger charge is -2.13. The van der Waals surface area contributed by atoms with Crippen molar-refractivity contribution in [3.05, 3.63) is 29.6 Å². The highest BCUT2D eigenvalue weighted by atomic mass is 19.1. The Morgan fingerprint density at radius 2 is 2.38 bits per heavy atom. The van der Waals surface area contributed by atoms with Crippen LogP contribution in [0.5, 0.6) is 5.75 Å². The molecular weight excluding hydrogens is 213 g/mol. The van der Waals surface area contributed by atoms with Gasteiger partial charge in [0.2, 0.25) is 0 Å². The molecule has 0 N–H and O–H groups in total. The smallest absolute Gasteiger partial charge is 0.256 e. The number of aldehydes is 1. The van der Waals surface area contributed by atoms with E-state index < -0.39 is 12.1 Å². The fourth-order valence-electron chi connectivity index (χ4n) is 1.08. The Kier molecular flexibility index (Phi) is 4.42. The van der Waals surface area contributed by atoms with E-state index in [9.17, 15) is 9.18 Å². The van der Waals surface area contributed by atoms with Crippen molar-refractivity contribution in [2.45, 2.75) is 13.2 Å². The number of ether oxygens (including phenoxy) is 2. The van der Waals surface area contributed by atoms with Gasteiger partial charge in [-0.1, -0.05) is 0 Å². The topological polar surface area (TPSA) is 59.3 Å². The van der Waals surface area contributed by atoms with Crippen LogP contribution < -0.4 is 4.74 Å². The molecule has 0 spiro atoms. The highest BCUT2D eigenvalue weighted by Crippen LogP contribution is 2.19. The molecule has 1 rings (SSSR count). The summed E-state index contributed by atoms with van der Waals surface area (Å²) in [5.74, 6) is -0.419. The monoisotopic (exact) mass is 223 g/mol. The van der Waals surface area contributed by atoms with Crippen LogP contribution in [0.1, 0.15) is 12.5 Å². The number of carbonyl (C=O) groups excluding carboxylic acids is 1. The van der Waals surface area contributed by atoms with E-state index in [1.165, 1.54) is 6.07 Å². The first kappa shape index (κ1) is 12.1. The molecule has 84 valence electrons. The quantitative estimate of drug-likeness (QED) is 0.562. The van der Waals surface area contributed by atoms with Crippen molar-refractivity contribution in [1.29, 1.82) is 5.26 Å². The molecule has 0 radical (unpaired) electrons. The maximum absolute atomic E-state index is 12.8. The Morgan fingerprint density at radius 1 is 1.62 bits per heavy atom. The van der Waals surface area contributed by atoms with Crippen molar-refractivity contribution in [2.24, 2.45) is 0 Å². The van der Waals surface area contributed by atoms with Gasteiger partial charge < -0.3 is 9.47 Å². The summed E-state index contributed by atoms with van der Waals surface area (Å²) >= 11 is 0. The maximum atomic E-state index is 12.8. The van der Waals surface area contributed by atoms with Gasteiger partial charge in [0.1, 0.15) is 17.6 Å². The Balaban J connectivity index is 2.88. The lowest BCUT2D eigenvalue weighted by Crippen LogP contribution is -2.22. The van der Waals surface area contributed by atoms with Gasteiger partial charge in [-0.05, 0) is 25.1 Å². The summed E-state index contributed by atoms with van der Waals surface area (Å²) in [5.41, 5.74) is 0.0200. The number of carbonyl (C=O) groups is 1. The fraction of sp³-hybridized carbons (Fsp3) is 0.273. The third-order valence-electron chi connectivity index (χ3n) is 1.75. The average molecular weight is 223 g/mol. The van der Waals surface area contributed by atoms with Gasteiger partial charge in [0.05, 0.1) is 5.56 Å². The van der Waals surface area contributed by atoms with E-state index in [2.05, 4.69) is 0 Å². The van der Waals surface area contributed by atoms with Crippen LogP contribution in [0.25, 0.3) is 0 Å². The first-order chi connectivity index (χ1) is 7.71. The minimum absolute atomic E-state index is 0.0200. The van der Waals surface area contributed by atoms with E-state index in [1.54, 1.807) is 13.0 Å². The molecule has 1 aromatic carbocycles. The largest absolute Gasteiger partial charge is 0.456 e. The molecule has 1 aromatic rings. The third-order valence-corrected chi connectivity index (χ3v) is 1.75. The number of nitrogens with zero attached hydrogens (tertiary/aromatic N) is 1. The second kappa shape index (κ2) is 5.83. The minimum atomic E-state index is -1.08. The Labute approximate surface area is 92.2 Å². The molecule has 1 atom stereocenters. The van der Waals surface area contributed by atoms with Gasteiger partial charge >= 0.3 is 0 Å². The maximum Gasteiger partial charge on any atom is 0.256 e. The average Bonchev–Trinajstić information content (AvgIpc) is 2.30. The van der Waals surface area contributed by atoms with Crippen molar-refractivity contribution in [3.8, 4) is 11.8 Å². The normalized spacial score (nSPS) is 11.6. The second-order valence-electron chi connectivity index (χ2n) is 2.83. The van der Waals surface area contributed by atoms with E-state index in [0.29, 0.717) is 12.9 Å². The summed E-state index contributed by atoms with van der Waals surface area (Å²) in [6.07, 6.45) is -0.615. The van der Waals surface area contributed by atoms with Crippen molar-refractivity contribution < 1.29 is 18.7 Å². The van der Waals surface area contributed by atoms with Crippen LogP contribution in [0.3, 0.4) is 0 Å². The van der Waals surface area contributed by atoms with Crippen molar-refractivity contribution in [2.75, 3.05) is 6.61 Å². The predicted molar refractivity (Wildman–Crippen MR) is 53.2 cm³/mol. The highest BCUT2D eigenvalue weighted by Gasteiger charge is 2.12. The van der Waals surface area contributed by atoms with Crippen molar-refractivity contribution in [3.63, 3.8) is 0 Å². The van der Waals surface area contributed by atoms with Crippen LogP contribution in [-0.4, -0.2) is 19.2 Å². The zero-order chi connectivity index (χ0) is 12.0. The lowest BCUT2D eigenvalue weighted by molar-refractivity contribution is -0.136. The molecule has 0 aliphatic carbocycles. The summed E-state index contributed by atoms with van der Waals surface area (Å²) in [6.45, 7) is 2.00. The number of hydrogen-bond acceptors (Lipinski definition) is 4. The molecule has 0 aliphatic heterocycles. The third kappa shape index (κ3) is 3.04. The van der Waals surface area contributed by atoms with Crippen LogP contribution in [0.4, 0.5) is 4.39 Å². The molecule has 1 unspecified atom stereocenters. The van der Waals surface area contributed by atoms with Gasteiger partial charge in [-0.15, -0.1) is 0 Å². The second-order valence-corrected chi connectivity index (χ2v) is 2.83. The molecule has 0 fully saturated rings. The van der Waals surface area contributed by atoms with Crippen LogP contribution in [0.2, 0.25) is 0 Å². The van der Waals surface area contributed by atoms with E-state index in [0.717, 1.165) is 12.1 Å². The Bertz CT molecular complexity index is 414. The van der Waals surface area contributed by atoms with E-state index in [-0.39, 0.29) is 11.3 Å². The molecule has 0 bridgehead atoms. The summed E-state index contributed by atoms with van der Waals surface area (Å²) < 4.78 is 22.8. The van der Waals surface area contributed by atoms with Crippen molar-refractivity contribution >= 4 is 6.29 Å². The Morgan fingerprint density at radius 3 is 2.94 bits per heavy atom. The molecule has 0 aliphatic rings. The number of hydrogen-bond donors (Lipinski definition) is 0. The first-order valence-corrected chi connectivity index (χ1v) is 4.64. The van der Waals surface area contributed by atoms with Crippen LogP contribution in [-0.2, 0) is 9.53 Å². The van der Waals surface area contributed by atoms with E-state index in [1.807, 2.05) is 0 Å². The lowest BCUT2D eigenvalue weighted by atomic mass is 10.2. The molecule has 0 heterocycles. The number of halogens is 1. The van der Waals surface area contributed by atoms with E-state index >= 15 is 0 Å². The van der Waals surface area contributed by atoms with Gasteiger partial charge in [0.15, 0.2) is 6.29 Å². The van der Waals surface area contributed by atoms with Gasteiger partial charge in [-0.25, -0.2) is 4.39 Å². The zero-order valence-electron chi connectivity index (χ0n) is 8.64. The number of rotatable bonds is 5. The molecule has 0 saturated heterocycles. The molecule has 5 heteroatoms. The summed E-state index contributed by atoms with van der Waals surface area (Å²) in [6, 6.07) is 5.23. The molecule has 0 aromatic heterocycles. The summed E-state index contributed by atoms with van der Waals surface area (Å²) in [7, 11) is 0. The Hall–Kier alpha value is -1.93. The van der Waals surface area contributed by atoms with Gasteiger partial charge in [-0.2, -0.15) is 5.26 Å². The van der Waals surface area contributed by atoms with Crippen molar-refractivity contribution in [1.82, 2.24) is 0 Å². The number of benzene rings is 1. The molecule has 0 saturated carbocycles. The van der Waals surface area contributed by atoms with Crippen LogP contribution in [0, 0.1) is 17.1 Å². The van der Waals surface area contributed by atoms with E-state index in [4.69, 9.17) is 14.7 Å². The van der Waals surface area contributed by atoms with Crippen LogP contribution >= 0.6 is 0 Å². The summed E-state index contributed by atoms with van der Waals surface area (Å²) in [5, 5.41) is 8.73. The molecular formula is C11H10FNO3. The molecule has 16 heavy (non-hydrogen) atoms. The minimum Gasteiger partial charge on any atom is -0.456 e.